The molecule has 1 saturated heterocycles. The van der Waals surface area contributed by atoms with Gasteiger partial charge in [-0.1, -0.05) is 50.3 Å². The number of benzene rings is 1. The second-order valence-electron chi connectivity index (χ2n) is 14.5. The number of ether oxygens (including phenoxy) is 3. The summed E-state index contributed by atoms with van der Waals surface area (Å²) in [6.45, 7) is 10.2. The fourth-order valence-electron chi connectivity index (χ4n) is 6.95. The molecule has 1 aromatic rings. The summed E-state index contributed by atoms with van der Waals surface area (Å²) in [5.41, 5.74) is 6.90. The Hall–Kier alpha value is -5.22. The lowest BCUT2D eigenvalue weighted by molar-refractivity contribution is -0.120. The van der Waals surface area contributed by atoms with E-state index >= 15 is 0 Å². The van der Waals surface area contributed by atoms with Crippen LogP contribution >= 0.6 is 0 Å². The van der Waals surface area contributed by atoms with Gasteiger partial charge in [-0.25, -0.2) is 4.79 Å². The second kappa shape index (κ2) is 20.1. The number of hydrogen-bond donors (Lipinski definition) is 4. The third-order valence-electron chi connectivity index (χ3n) is 10.2. The molecular formula is C41H53N5O10. The second-order valence-corrected chi connectivity index (χ2v) is 14.5. The Kier molecular flexibility index (Phi) is 15.6. The average molecular weight is 776 g/mol. The number of hydrogen-bond acceptors (Lipinski definition) is 11. The highest BCUT2D eigenvalue weighted by molar-refractivity contribution is 6.24. The Morgan fingerprint density at radius 2 is 1.71 bits per heavy atom. The monoisotopic (exact) mass is 775 g/mol. The Bertz CT molecular complexity index is 1810. The summed E-state index contributed by atoms with van der Waals surface area (Å²) in [5, 5.41) is 16.6. The molecule has 4 rings (SSSR count). The quantitative estimate of drug-likeness (QED) is 0.171. The number of rotatable bonds is 8. The topological polar surface area (TPSA) is 207 Å². The van der Waals surface area contributed by atoms with Crippen LogP contribution in [0.5, 0.6) is 0 Å². The van der Waals surface area contributed by atoms with E-state index in [1.165, 1.54) is 33.3 Å². The number of ketones is 2. The van der Waals surface area contributed by atoms with E-state index in [-0.39, 0.29) is 46.9 Å². The van der Waals surface area contributed by atoms with Gasteiger partial charge in [0, 0.05) is 75.6 Å². The van der Waals surface area contributed by atoms with Crippen LogP contribution in [0.3, 0.4) is 0 Å². The van der Waals surface area contributed by atoms with Gasteiger partial charge in [0.1, 0.15) is 6.10 Å². The molecule has 6 atom stereocenters. The number of nitrogens with zero attached hydrogens (tertiary/aromatic N) is 2. The standard InChI is InChI=1S/C41H53N5O10/c1-24-18-30-35(44-40(52)29-12-10-28(11-13-29)22-45-14-16-46(23-47)17-15-45)32(48)21-31(37(30)50)43-39(51)25(2)8-7-9-33(54-5)38(56-41(42)53)27(4)20-26(3)36(49)34(19-24)55-6/h7-13,20-21,23-24,26,33-34,36,38,49H,14-19,22H2,1-6H3,(H2,42,53)(H,43,51)(H,44,52)/b9-7-,25-8+,27-20+/t24-,26+,33+,34+,36-,38+/m1/s1. The van der Waals surface area contributed by atoms with Crippen LogP contribution in [-0.2, 0) is 39.9 Å². The molecule has 2 heterocycles. The Morgan fingerprint density at radius 1 is 1.04 bits per heavy atom. The van der Waals surface area contributed by atoms with Gasteiger partial charge in [-0.05, 0) is 55.9 Å². The van der Waals surface area contributed by atoms with E-state index in [4.69, 9.17) is 19.9 Å². The summed E-state index contributed by atoms with van der Waals surface area (Å²) >= 11 is 0. The largest absolute Gasteiger partial charge is 0.439 e. The summed E-state index contributed by atoms with van der Waals surface area (Å²) in [7, 11) is 2.87. The summed E-state index contributed by atoms with van der Waals surface area (Å²) in [6, 6.07) is 6.93. The number of methoxy groups -OCH3 is 2. The maximum Gasteiger partial charge on any atom is 0.405 e. The van der Waals surface area contributed by atoms with Crippen molar-refractivity contribution in [3.05, 3.63) is 93.9 Å². The number of carbonyl (C=O) groups is 6. The van der Waals surface area contributed by atoms with Gasteiger partial charge in [-0.2, -0.15) is 0 Å². The molecular weight excluding hydrogens is 722 g/mol. The predicted octanol–water partition coefficient (Wildman–Crippen LogP) is 2.47. The molecule has 302 valence electrons. The molecule has 4 amide bonds. The molecule has 1 aromatic carbocycles. The van der Waals surface area contributed by atoms with Crippen molar-refractivity contribution in [2.24, 2.45) is 17.6 Å². The zero-order valence-corrected chi connectivity index (χ0v) is 32.8. The molecule has 2 aliphatic heterocycles. The zero-order chi connectivity index (χ0) is 41.1. The van der Waals surface area contributed by atoms with Crippen LogP contribution in [-0.4, -0.2) is 116 Å². The minimum atomic E-state index is -1.05. The van der Waals surface area contributed by atoms with Gasteiger partial charge in [0.2, 0.25) is 18.0 Å². The number of allylic oxidation sites excluding steroid dienone is 4. The lowest BCUT2D eigenvalue weighted by atomic mass is 9.85. The minimum absolute atomic E-state index is 0.00112. The van der Waals surface area contributed by atoms with Gasteiger partial charge in [-0.3, -0.25) is 28.9 Å². The first-order chi connectivity index (χ1) is 26.6. The number of aliphatic hydroxyl groups is 1. The molecule has 1 aliphatic carbocycles. The maximum absolute atomic E-state index is 14.1. The highest BCUT2D eigenvalue weighted by Crippen LogP contribution is 2.29. The Balaban J connectivity index is 1.65. The van der Waals surface area contributed by atoms with E-state index in [0.29, 0.717) is 25.2 Å². The minimum Gasteiger partial charge on any atom is -0.439 e. The number of carbonyl (C=O) groups excluding carboxylic acids is 6. The fourth-order valence-corrected chi connectivity index (χ4v) is 6.95. The van der Waals surface area contributed by atoms with E-state index in [2.05, 4.69) is 15.5 Å². The van der Waals surface area contributed by atoms with Crippen LogP contribution in [0.25, 0.3) is 0 Å². The molecule has 0 saturated carbocycles. The third-order valence-corrected chi connectivity index (χ3v) is 10.2. The number of aliphatic hydroxyl groups excluding tert-OH is 1. The van der Waals surface area contributed by atoms with Gasteiger partial charge < -0.3 is 40.6 Å². The van der Waals surface area contributed by atoms with Gasteiger partial charge in [0.15, 0.2) is 6.10 Å². The number of primary amides is 1. The van der Waals surface area contributed by atoms with Crippen molar-refractivity contribution in [2.75, 3.05) is 40.4 Å². The van der Waals surface area contributed by atoms with Crippen molar-refractivity contribution in [1.82, 2.24) is 20.4 Å². The first kappa shape index (κ1) is 43.5. The number of Topliss-reactive ketones (excluding diaryl/α,β-unsaturated/α-hetero) is 1. The molecule has 15 nitrogen and oxygen atoms in total. The van der Waals surface area contributed by atoms with Crippen LogP contribution in [0.1, 0.15) is 56.5 Å². The van der Waals surface area contributed by atoms with Crippen molar-refractivity contribution < 1.29 is 48.1 Å². The molecule has 0 radical (unpaired) electrons. The first-order valence-corrected chi connectivity index (χ1v) is 18.6. The summed E-state index contributed by atoms with van der Waals surface area (Å²) in [6.07, 6.45) is 3.76. The first-order valence-electron chi connectivity index (χ1n) is 18.6. The molecule has 3 aliphatic rings. The lowest BCUT2D eigenvalue weighted by Gasteiger charge is -2.32. The maximum atomic E-state index is 14.1. The van der Waals surface area contributed by atoms with Crippen LogP contribution in [0.15, 0.2) is 82.8 Å². The number of nitrogens with two attached hydrogens (primary N) is 1. The van der Waals surface area contributed by atoms with Gasteiger partial charge >= 0.3 is 6.09 Å². The van der Waals surface area contributed by atoms with Crippen molar-refractivity contribution in [3.8, 4) is 0 Å². The molecule has 1 fully saturated rings. The van der Waals surface area contributed by atoms with Gasteiger partial charge in [0.05, 0.1) is 23.6 Å². The molecule has 0 aromatic heterocycles. The lowest BCUT2D eigenvalue weighted by Crippen LogP contribution is -2.45. The SMILES string of the molecule is CO[C@H]1/C=C\C=C(/C)C(=O)NC2=CC(=O)C(NC(=O)c3ccc(CN4CCN(C=O)CC4)cc3)=C(C[C@@H](C)C[C@H](OC)[C@H](O)[C@@H](C)/C=C(\C)[C@@H]1OC(N)=O)C2=O. The normalized spacial score (nSPS) is 28.6. The van der Waals surface area contributed by atoms with Crippen molar-refractivity contribution in [1.29, 1.82) is 0 Å². The van der Waals surface area contributed by atoms with Crippen LogP contribution in [0, 0.1) is 11.8 Å². The number of piperazine rings is 1. The van der Waals surface area contributed by atoms with Crippen LogP contribution < -0.4 is 16.4 Å². The average Bonchev–Trinajstić information content (AvgIpc) is 3.17. The highest BCUT2D eigenvalue weighted by Gasteiger charge is 2.34. The van der Waals surface area contributed by atoms with E-state index in [9.17, 15) is 33.9 Å². The van der Waals surface area contributed by atoms with Crippen molar-refractivity contribution in [3.63, 3.8) is 0 Å². The van der Waals surface area contributed by atoms with Crippen molar-refractivity contribution >= 4 is 35.9 Å². The number of amides is 4. The molecule has 2 bridgehead atoms. The van der Waals surface area contributed by atoms with Crippen molar-refractivity contribution in [2.45, 2.75) is 71.5 Å². The Labute approximate surface area is 327 Å². The summed E-state index contributed by atoms with van der Waals surface area (Å²) in [4.78, 5) is 81.4. The molecule has 5 N–H and O–H groups in total. The Morgan fingerprint density at radius 3 is 2.32 bits per heavy atom. The molecule has 15 heteroatoms. The molecule has 0 spiro atoms. The fraction of sp³-hybridized carbons (Fsp3) is 0.463. The summed E-state index contributed by atoms with van der Waals surface area (Å²) < 4.78 is 16.7. The zero-order valence-electron chi connectivity index (χ0n) is 32.8. The smallest absolute Gasteiger partial charge is 0.405 e. The summed E-state index contributed by atoms with van der Waals surface area (Å²) in [5.74, 6) is -3.45. The number of nitrogens with one attached hydrogen (secondary N) is 2. The van der Waals surface area contributed by atoms with Gasteiger partial charge in [-0.15, -0.1) is 0 Å². The molecule has 0 unspecified atom stereocenters. The van der Waals surface area contributed by atoms with Gasteiger partial charge in [0.25, 0.3) is 11.8 Å². The number of fused-ring (bicyclic) bond motifs is 2. The third kappa shape index (κ3) is 11.4. The highest BCUT2D eigenvalue weighted by atomic mass is 16.6. The van der Waals surface area contributed by atoms with Crippen LogP contribution in [0.2, 0.25) is 0 Å². The van der Waals surface area contributed by atoms with E-state index < -0.39 is 59.8 Å². The van der Waals surface area contributed by atoms with E-state index in [1.54, 1.807) is 43.0 Å². The van der Waals surface area contributed by atoms with Crippen LogP contribution in [0.4, 0.5) is 4.79 Å². The predicted molar refractivity (Wildman–Crippen MR) is 206 cm³/mol. The van der Waals surface area contributed by atoms with E-state index in [0.717, 1.165) is 31.1 Å². The van der Waals surface area contributed by atoms with E-state index in [1.807, 2.05) is 19.1 Å². The molecule has 56 heavy (non-hydrogen) atoms.